The molecule has 84 valence electrons. The van der Waals surface area contributed by atoms with E-state index in [2.05, 4.69) is 59.9 Å². The lowest BCUT2D eigenvalue weighted by molar-refractivity contribution is 0.438. The Morgan fingerprint density at radius 1 is 1.07 bits per heavy atom. The Hall–Kier alpha value is -0.300. The maximum Gasteiger partial charge on any atom is 0.0169 e. The first-order valence-electron chi connectivity index (χ1n) is 5.60. The standard InChI is InChI=1S/C13H27N/c1-8-11(9-12(2,3)4)10-14-13(5,6)7/h9,14H,8,10H2,1-7H3. The van der Waals surface area contributed by atoms with Gasteiger partial charge in [0.05, 0.1) is 0 Å². The highest BCUT2D eigenvalue weighted by Gasteiger charge is 2.11. The number of hydrogen-bond donors (Lipinski definition) is 1. The van der Waals surface area contributed by atoms with Gasteiger partial charge in [-0.25, -0.2) is 0 Å². The molecule has 0 radical (unpaired) electrons. The van der Waals surface area contributed by atoms with Crippen LogP contribution in [0, 0.1) is 5.41 Å². The molecule has 1 heteroatoms. The van der Waals surface area contributed by atoms with Crippen LogP contribution in [0.3, 0.4) is 0 Å². The van der Waals surface area contributed by atoms with Gasteiger partial charge in [-0.3, -0.25) is 0 Å². The molecule has 0 aromatic rings. The van der Waals surface area contributed by atoms with Gasteiger partial charge in [-0.15, -0.1) is 0 Å². The fourth-order valence-electron chi connectivity index (χ4n) is 1.27. The molecular weight excluding hydrogens is 170 g/mol. The molecule has 0 aliphatic carbocycles. The topological polar surface area (TPSA) is 12.0 Å². The van der Waals surface area contributed by atoms with Crippen LogP contribution in [0.4, 0.5) is 0 Å². The van der Waals surface area contributed by atoms with E-state index in [0.717, 1.165) is 13.0 Å². The largest absolute Gasteiger partial charge is 0.308 e. The predicted octanol–water partition coefficient (Wildman–Crippen LogP) is 3.76. The lowest BCUT2D eigenvalue weighted by Crippen LogP contribution is -2.37. The van der Waals surface area contributed by atoms with Crippen molar-refractivity contribution in [3.8, 4) is 0 Å². The van der Waals surface area contributed by atoms with E-state index in [1.807, 2.05) is 0 Å². The Labute approximate surface area is 90.0 Å². The van der Waals surface area contributed by atoms with E-state index in [9.17, 15) is 0 Å². The number of allylic oxidation sites excluding steroid dienone is 1. The van der Waals surface area contributed by atoms with Gasteiger partial charge in [-0.05, 0) is 32.6 Å². The molecule has 0 rings (SSSR count). The SMILES string of the molecule is CCC(=CC(C)(C)C)CNC(C)(C)C. The lowest BCUT2D eigenvalue weighted by atomic mass is 9.92. The van der Waals surface area contributed by atoms with Crippen LogP contribution in [-0.4, -0.2) is 12.1 Å². The van der Waals surface area contributed by atoms with Crippen molar-refractivity contribution in [1.29, 1.82) is 0 Å². The molecule has 0 spiro atoms. The number of hydrogen-bond acceptors (Lipinski definition) is 1. The molecule has 0 atom stereocenters. The second-order valence-electron chi connectivity index (χ2n) is 6.13. The summed E-state index contributed by atoms with van der Waals surface area (Å²) in [5.41, 5.74) is 2.02. The van der Waals surface area contributed by atoms with Gasteiger partial charge in [0.1, 0.15) is 0 Å². The smallest absolute Gasteiger partial charge is 0.0169 e. The van der Waals surface area contributed by atoms with Gasteiger partial charge in [0.15, 0.2) is 0 Å². The third-order valence-electron chi connectivity index (χ3n) is 1.94. The van der Waals surface area contributed by atoms with Crippen molar-refractivity contribution >= 4 is 0 Å². The highest BCUT2D eigenvalue weighted by molar-refractivity contribution is 5.08. The average molecular weight is 197 g/mol. The molecule has 0 aliphatic heterocycles. The first-order valence-corrected chi connectivity index (χ1v) is 5.60. The van der Waals surface area contributed by atoms with Crippen LogP contribution < -0.4 is 5.32 Å². The number of nitrogens with one attached hydrogen (secondary N) is 1. The fraction of sp³-hybridized carbons (Fsp3) is 0.846. The zero-order chi connectivity index (χ0) is 11.4. The zero-order valence-corrected chi connectivity index (χ0v) is 11.0. The van der Waals surface area contributed by atoms with E-state index in [1.54, 1.807) is 0 Å². The van der Waals surface area contributed by atoms with E-state index < -0.39 is 0 Å². The number of rotatable bonds is 3. The van der Waals surface area contributed by atoms with Crippen molar-refractivity contribution < 1.29 is 0 Å². The summed E-state index contributed by atoms with van der Waals surface area (Å²) in [6, 6.07) is 0. The summed E-state index contributed by atoms with van der Waals surface area (Å²) in [4.78, 5) is 0. The Morgan fingerprint density at radius 3 is 1.86 bits per heavy atom. The van der Waals surface area contributed by atoms with E-state index in [1.165, 1.54) is 5.57 Å². The molecule has 0 aromatic carbocycles. The molecule has 0 heterocycles. The van der Waals surface area contributed by atoms with Crippen LogP contribution in [-0.2, 0) is 0 Å². The summed E-state index contributed by atoms with van der Waals surface area (Å²) in [7, 11) is 0. The molecule has 0 aliphatic rings. The second-order valence-corrected chi connectivity index (χ2v) is 6.13. The van der Waals surface area contributed by atoms with Crippen LogP contribution in [0.15, 0.2) is 11.6 Å². The average Bonchev–Trinajstić information content (AvgIpc) is 1.94. The van der Waals surface area contributed by atoms with Crippen molar-refractivity contribution in [2.45, 2.75) is 60.4 Å². The van der Waals surface area contributed by atoms with Crippen LogP contribution in [0.5, 0.6) is 0 Å². The molecule has 1 nitrogen and oxygen atoms in total. The van der Waals surface area contributed by atoms with Gasteiger partial charge in [0, 0.05) is 12.1 Å². The molecule has 0 saturated carbocycles. The summed E-state index contributed by atoms with van der Waals surface area (Å²) in [6.45, 7) is 16.6. The maximum absolute atomic E-state index is 3.53. The third-order valence-corrected chi connectivity index (χ3v) is 1.94. The summed E-state index contributed by atoms with van der Waals surface area (Å²) in [5.74, 6) is 0. The van der Waals surface area contributed by atoms with Gasteiger partial charge < -0.3 is 5.32 Å². The molecule has 14 heavy (non-hydrogen) atoms. The van der Waals surface area contributed by atoms with Crippen molar-refractivity contribution in [3.05, 3.63) is 11.6 Å². The third kappa shape index (κ3) is 8.31. The highest BCUT2D eigenvalue weighted by Crippen LogP contribution is 2.19. The van der Waals surface area contributed by atoms with Gasteiger partial charge in [0.25, 0.3) is 0 Å². The minimum atomic E-state index is 0.214. The Bertz CT molecular complexity index is 188. The van der Waals surface area contributed by atoms with Gasteiger partial charge in [0.2, 0.25) is 0 Å². The molecule has 0 amide bonds. The molecule has 0 bridgehead atoms. The monoisotopic (exact) mass is 197 g/mol. The second kappa shape index (κ2) is 4.97. The molecule has 0 fully saturated rings. The van der Waals surface area contributed by atoms with Crippen LogP contribution in [0.1, 0.15) is 54.9 Å². The first kappa shape index (κ1) is 13.7. The van der Waals surface area contributed by atoms with Gasteiger partial charge in [-0.2, -0.15) is 0 Å². The molecule has 0 aromatic heterocycles. The quantitative estimate of drug-likeness (QED) is 0.679. The van der Waals surface area contributed by atoms with Crippen molar-refractivity contribution in [2.24, 2.45) is 5.41 Å². The summed E-state index contributed by atoms with van der Waals surface area (Å²) >= 11 is 0. The van der Waals surface area contributed by atoms with Gasteiger partial charge >= 0.3 is 0 Å². The van der Waals surface area contributed by atoms with Crippen LogP contribution in [0.2, 0.25) is 0 Å². The fourth-order valence-corrected chi connectivity index (χ4v) is 1.27. The maximum atomic E-state index is 3.53. The Kier molecular flexibility index (Phi) is 4.87. The minimum Gasteiger partial charge on any atom is -0.308 e. The molecule has 0 unspecified atom stereocenters. The van der Waals surface area contributed by atoms with E-state index in [-0.39, 0.29) is 5.54 Å². The lowest BCUT2D eigenvalue weighted by Gasteiger charge is -2.23. The highest BCUT2D eigenvalue weighted by atomic mass is 14.9. The van der Waals surface area contributed by atoms with Crippen LogP contribution in [0.25, 0.3) is 0 Å². The summed E-state index contributed by atoms with van der Waals surface area (Å²) in [5, 5.41) is 3.53. The van der Waals surface area contributed by atoms with E-state index >= 15 is 0 Å². The summed E-state index contributed by atoms with van der Waals surface area (Å²) in [6.07, 6.45) is 3.52. The zero-order valence-electron chi connectivity index (χ0n) is 11.0. The molecular formula is C13H27N. The van der Waals surface area contributed by atoms with Crippen molar-refractivity contribution in [1.82, 2.24) is 5.32 Å². The molecule has 1 N–H and O–H groups in total. The Balaban J connectivity index is 4.25. The normalized spacial score (nSPS) is 14.6. The van der Waals surface area contributed by atoms with Crippen LogP contribution >= 0.6 is 0 Å². The summed E-state index contributed by atoms with van der Waals surface area (Å²) < 4.78 is 0. The molecule has 0 saturated heterocycles. The predicted molar refractivity (Wildman–Crippen MR) is 65.6 cm³/mol. The first-order chi connectivity index (χ1) is 6.14. The minimum absolute atomic E-state index is 0.214. The van der Waals surface area contributed by atoms with E-state index in [4.69, 9.17) is 0 Å². The van der Waals surface area contributed by atoms with Crippen molar-refractivity contribution in [3.63, 3.8) is 0 Å². The Morgan fingerprint density at radius 2 is 1.57 bits per heavy atom. The van der Waals surface area contributed by atoms with Crippen molar-refractivity contribution in [2.75, 3.05) is 6.54 Å². The van der Waals surface area contributed by atoms with E-state index in [0.29, 0.717) is 5.41 Å². The van der Waals surface area contributed by atoms with Gasteiger partial charge in [-0.1, -0.05) is 39.3 Å².